The van der Waals surface area contributed by atoms with E-state index >= 15 is 0 Å². The molecule has 1 unspecified atom stereocenters. The van der Waals surface area contributed by atoms with Gasteiger partial charge in [0.2, 0.25) is 0 Å². The molecule has 0 bridgehead atoms. The molecule has 1 saturated heterocycles. The molecule has 0 spiro atoms. The summed E-state index contributed by atoms with van der Waals surface area (Å²) in [7, 11) is 1.69. The van der Waals surface area contributed by atoms with Crippen LogP contribution in [0.5, 0.6) is 5.75 Å². The van der Waals surface area contributed by atoms with E-state index in [4.69, 9.17) is 4.74 Å². The third kappa shape index (κ3) is 4.73. The first-order chi connectivity index (χ1) is 16.9. The molecule has 184 valence electrons. The van der Waals surface area contributed by atoms with Crippen molar-refractivity contribution in [3.63, 3.8) is 0 Å². The minimum absolute atomic E-state index is 0.116. The second-order valence-corrected chi connectivity index (χ2v) is 9.14. The van der Waals surface area contributed by atoms with Crippen molar-refractivity contribution in [2.45, 2.75) is 58.7 Å². The maximum absolute atomic E-state index is 12.7. The number of piperazine rings is 1. The van der Waals surface area contributed by atoms with Gasteiger partial charge in [-0.2, -0.15) is 10.2 Å². The third-order valence-corrected chi connectivity index (χ3v) is 7.04. The number of hydrogen-bond donors (Lipinski definition) is 0. The van der Waals surface area contributed by atoms with Crippen molar-refractivity contribution in [2.24, 2.45) is 7.05 Å². The van der Waals surface area contributed by atoms with Crippen LogP contribution in [-0.4, -0.2) is 51.2 Å². The standard InChI is InChI=1S/C27H34N6O2/c1-6-21-17-32(26-25-24(31(5)27(34)30-26)14-11-20(15-28)29-25)18(4)16-33(21)23(7-2)19-9-12-22(13-10-19)35-8-3/h9-14,18,21,23H,6-8,16-17H2,1-5H3/t18-,21+,23?/m0/s1. The number of hydrogen-bond acceptors (Lipinski definition) is 7. The molecule has 4 rings (SSSR count). The monoisotopic (exact) mass is 474 g/mol. The fourth-order valence-electron chi connectivity index (χ4n) is 5.19. The summed E-state index contributed by atoms with van der Waals surface area (Å²) in [5.41, 5.74) is 2.57. The number of anilines is 1. The van der Waals surface area contributed by atoms with Crippen LogP contribution in [0.15, 0.2) is 41.2 Å². The van der Waals surface area contributed by atoms with E-state index in [9.17, 15) is 10.1 Å². The number of pyridine rings is 1. The molecule has 1 aliphatic rings. The van der Waals surface area contributed by atoms with Gasteiger partial charge in [0.05, 0.1) is 12.1 Å². The number of aryl methyl sites for hydroxylation is 1. The van der Waals surface area contributed by atoms with E-state index in [0.29, 0.717) is 29.2 Å². The van der Waals surface area contributed by atoms with E-state index in [0.717, 1.165) is 31.7 Å². The third-order valence-electron chi connectivity index (χ3n) is 7.04. The summed E-state index contributed by atoms with van der Waals surface area (Å²) >= 11 is 0. The summed E-state index contributed by atoms with van der Waals surface area (Å²) in [5.74, 6) is 1.46. The highest BCUT2D eigenvalue weighted by molar-refractivity contribution is 5.86. The number of ether oxygens (including phenoxy) is 1. The van der Waals surface area contributed by atoms with Crippen molar-refractivity contribution in [3.05, 3.63) is 58.1 Å². The molecule has 1 aromatic carbocycles. The van der Waals surface area contributed by atoms with Crippen molar-refractivity contribution in [3.8, 4) is 11.8 Å². The molecule has 0 radical (unpaired) electrons. The van der Waals surface area contributed by atoms with E-state index in [-0.39, 0.29) is 23.8 Å². The number of nitrogens with zero attached hydrogens (tertiary/aromatic N) is 6. The zero-order valence-electron chi connectivity index (χ0n) is 21.2. The Kier molecular flexibility index (Phi) is 7.37. The van der Waals surface area contributed by atoms with E-state index in [1.54, 1.807) is 19.2 Å². The highest BCUT2D eigenvalue weighted by Gasteiger charge is 2.36. The second-order valence-electron chi connectivity index (χ2n) is 9.14. The lowest BCUT2D eigenvalue weighted by Crippen LogP contribution is -2.58. The summed E-state index contributed by atoms with van der Waals surface area (Å²) < 4.78 is 7.12. The molecule has 2 aromatic heterocycles. The Bertz CT molecular complexity index is 1280. The number of benzene rings is 1. The Hall–Kier alpha value is -3.44. The van der Waals surface area contributed by atoms with E-state index < -0.39 is 0 Å². The van der Waals surface area contributed by atoms with Crippen LogP contribution in [0.4, 0.5) is 5.82 Å². The largest absolute Gasteiger partial charge is 0.494 e. The summed E-state index contributed by atoms with van der Waals surface area (Å²) in [6, 6.07) is 14.7. The Balaban J connectivity index is 1.69. The highest BCUT2D eigenvalue weighted by atomic mass is 16.5. The van der Waals surface area contributed by atoms with Crippen LogP contribution in [0.2, 0.25) is 0 Å². The van der Waals surface area contributed by atoms with Gasteiger partial charge in [-0.15, -0.1) is 0 Å². The lowest BCUT2D eigenvalue weighted by molar-refractivity contribution is 0.0939. The van der Waals surface area contributed by atoms with Gasteiger partial charge in [0.15, 0.2) is 5.82 Å². The summed E-state index contributed by atoms with van der Waals surface area (Å²) in [4.78, 5) is 26.5. The lowest BCUT2D eigenvalue weighted by Gasteiger charge is -2.49. The van der Waals surface area contributed by atoms with Gasteiger partial charge in [0.25, 0.3) is 0 Å². The minimum Gasteiger partial charge on any atom is -0.494 e. The Labute approximate surface area is 206 Å². The number of fused-ring (bicyclic) bond motifs is 1. The van der Waals surface area contributed by atoms with Crippen LogP contribution in [0.3, 0.4) is 0 Å². The molecule has 1 aliphatic heterocycles. The average Bonchev–Trinajstić information content (AvgIpc) is 2.88. The van der Waals surface area contributed by atoms with Crippen LogP contribution >= 0.6 is 0 Å². The predicted molar refractivity (Wildman–Crippen MR) is 138 cm³/mol. The molecule has 8 nitrogen and oxygen atoms in total. The van der Waals surface area contributed by atoms with Gasteiger partial charge in [-0.25, -0.2) is 9.78 Å². The SMILES string of the molecule is CCOc1ccc(C(CC)N2C[C@H](C)N(c3nc(=O)n(C)c4ccc(C#N)nc34)C[C@H]2CC)cc1. The number of aromatic nitrogens is 3. The molecule has 0 saturated carbocycles. The molecule has 35 heavy (non-hydrogen) atoms. The van der Waals surface area contributed by atoms with Crippen LogP contribution in [0, 0.1) is 11.3 Å². The maximum atomic E-state index is 12.7. The molecule has 0 amide bonds. The normalized spacial score (nSPS) is 19.5. The molecule has 3 atom stereocenters. The molecule has 0 aliphatic carbocycles. The van der Waals surface area contributed by atoms with Gasteiger partial charge >= 0.3 is 5.69 Å². The van der Waals surface area contributed by atoms with Crippen LogP contribution in [0.1, 0.15) is 57.8 Å². The van der Waals surface area contributed by atoms with E-state index in [1.807, 2.05) is 6.92 Å². The quantitative estimate of drug-likeness (QED) is 0.511. The van der Waals surface area contributed by atoms with Crippen molar-refractivity contribution >= 4 is 16.9 Å². The van der Waals surface area contributed by atoms with Crippen molar-refractivity contribution in [1.29, 1.82) is 5.26 Å². The molecule has 0 N–H and O–H groups in total. The van der Waals surface area contributed by atoms with Crippen LogP contribution < -0.4 is 15.3 Å². The van der Waals surface area contributed by atoms with Gasteiger partial charge in [-0.05, 0) is 56.5 Å². The Morgan fingerprint density at radius 2 is 1.86 bits per heavy atom. The first-order valence-corrected chi connectivity index (χ1v) is 12.4. The van der Waals surface area contributed by atoms with E-state index in [1.165, 1.54) is 10.1 Å². The molecule has 1 fully saturated rings. The first kappa shape index (κ1) is 24.7. The molecular weight excluding hydrogens is 440 g/mol. The van der Waals surface area contributed by atoms with Crippen molar-refractivity contribution < 1.29 is 4.74 Å². The second kappa shape index (κ2) is 10.4. The van der Waals surface area contributed by atoms with Gasteiger partial charge in [-0.3, -0.25) is 9.47 Å². The van der Waals surface area contributed by atoms with Gasteiger partial charge in [-0.1, -0.05) is 26.0 Å². The minimum atomic E-state index is -0.317. The van der Waals surface area contributed by atoms with Crippen LogP contribution in [-0.2, 0) is 7.05 Å². The van der Waals surface area contributed by atoms with E-state index in [2.05, 4.69) is 70.9 Å². The zero-order chi connectivity index (χ0) is 25.1. The fraction of sp³-hybridized carbons (Fsp3) is 0.481. The molecule has 3 heterocycles. The van der Waals surface area contributed by atoms with Gasteiger partial charge in [0, 0.05) is 38.3 Å². The Morgan fingerprint density at radius 1 is 1.11 bits per heavy atom. The van der Waals surface area contributed by atoms with Crippen LogP contribution in [0.25, 0.3) is 11.0 Å². The fourth-order valence-corrected chi connectivity index (χ4v) is 5.19. The summed E-state index contributed by atoms with van der Waals surface area (Å²) in [5, 5.41) is 9.40. The number of rotatable bonds is 7. The molecule has 8 heteroatoms. The van der Waals surface area contributed by atoms with Gasteiger partial charge < -0.3 is 9.64 Å². The maximum Gasteiger partial charge on any atom is 0.349 e. The topological polar surface area (TPSA) is 87.3 Å². The van der Waals surface area contributed by atoms with Crippen molar-refractivity contribution in [1.82, 2.24) is 19.4 Å². The molecular formula is C27H34N6O2. The predicted octanol–water partition coefficient (Wildman–Crippen LogP) is 4.04. The molecule has 3 aromatic rings. The lowest BCUT2D eigenvalue weighted by atomic mass is 9.96. The van der Waals surface area contributed by atoms with Gasteiger partial charge in [0.1, 0.15) is 23.0 Å². The first-order valence-electron chi connectivity index (χ1n) is 12.4. The summed E-state index contributed by atoms with van der Waals surface area (Å²) in [6.07, 6.45) is 1.97. The van der Waals surface area contributed by atoms with Crippen molar-refractivity contribution in [2.75, 3.05) is 24.6 Å². The average molecular weight is 475 g/mol. The zero-order valence-corrected chi connectivity index (χ0v) is 21.2. The Morgan fingerprint density at radius 3 is 2.49 bits per heavy atom. The summed E-state index contributed by atoms with van der Waals surface area (Å²) in [6.45, 7) is 10.8. The highest BCUT2D eigenvalue weighted by Crippen LogP contribution is 2.34. The number of nitriles is 1. The smallest absolute Gasteiger partial charge is 0.349 e.